The van der Waals surface area contributed by atoms with Gasteiger partial charge in [0.1, 0.15) is 0 Å². The molecule has 18 heavy (non-hydrogen) atoms. The van der Waals surface area contributed by atoms with Crippen molar-refractivity contribution in [3.05, 3.63) is 60.2 Å². The van der Waals surface area contributed by atoms with Gasteiger partial charge in [0.25, 0.3) is 0 Å². The Morgan fingerprint density at radius 2 is 1.67 bits per heavy atom. The summed E-state index contributed by atoms with van der Waals surface area (Å²) in [6.07, 6.45) is 0. The number of rotatable bonds is 2. The van der Waals surface area contributed by atoms with Crippen molar-refractivity contribution in [1.29, 1.82) is 0 Å². The lowest BCUT2D eigenvalue weighted by Gasteiger charge is -2.25. The monoisotopic (exact) mass is 238 g/mol. The summed E-state index contributed by atoms with van der Waals surface area (Å²) >= 11 is 0. The second-order valence-electron chi connectivity index (χ2n) is 4.70. The lowest BCUT2D eigenvalue weighted by atomic mass is 9.99. The Balaban J connectivity index is 1.89. The fourth-order valence-electron chi connectivity index (χ4n) is 2.45. The van der Waals surface area contributed by atoms with E-state index in [4.69, 9.17) is 0 Å². The minimum Gasteiger partial charge on any atom is -0.314 e. The molecule has 1 heterocycles. The average molecular weight is 238 g/mol. The quantitative estimate of drug-likeness (QED) is 0.840. The maximum Gasteiger partial charge on any atom is 0.0447 e. The van der Waals surface area contributed by atoms with Gasteiger partial charge in [0.15, 0.2) is 0 Å². The van der Waals surface area contributed by atoms with Crippen molar-refractivity contribution in [3.8, 4) is 11.1 Å². The van der Waals surface area contributed by atoms with E-state index in [1.54, 1.807) is 0 Å². The van der Waals surface area contributed by atoms with E-state index in [9.17, 15) is 0 Å². The molecular weight excluding hydrogens is 220 g/mol. The lowest BCUT2D eigenvalue weighted by Crippen LogP contribution is -2.42. The van der Waals surface area contributed by atoms with Crippen LogP contribution in [-0.4, -0.2) is 19.6 Å². The third-order valence-electron chi connectivity index (χ3n) is 3.44. The standard InChI is InChI=1S/C16H18N2/c1-2-5-13(6-3-1)14-7-4-8-15(11-14)16-12-17-9-10-18-16/h1-8,11,16-18H,9-10,12H2/t16-/m1/s1. The Hall–Kier alpha value is -1.64. The van der Waals surface area contributed by atoms with E-state index < -0.39 is 0 Å². The molecule has 92 valence electrons. The molecule has 1 aliphatic rings. The van der Waals surface area contributed by atoms with Crippen LogP contribution < -0.4 is 10.6 Å². The minimum absolute atomic E-state index is 0.433. The van der Waals surface area contributed by atoms with Crippen LogP contribution in [0.15, 0.2) is 54.6 Å². The molecule has 1 aliphatic heterocycles. The smallest absolute Gasteiger partial charge is 0.0447 e. The molecule has 2 nitrogen and oxygen atoms in total. The number of hydrogen-bond donors (Lipinski definition) is 2. The van der Waals surface area contributed by atoms with Crippen molar-refractivity contribution in [2.24, 2.45) is 0 Å². The maximum absolute atomic E-state index is 3.55. The van der Waals surface area contributed by atoms with Crippen LogP contribution in [0.3, 0.4) is 0 Å². The third-order valence-corrected chi connectivity index (χ3v) is 3.44. The van der Waals surface area contributed by atoms with Crippen LogP contribution in [0.2, 0.25) is 0 Å². The van der Waals surface area contributed by atoms with Crippen molar-refractivity contribution in [1.82, 2.24) is 10.6 Å². The van der Waals surface area contributed by atoms with Gasteiger partial charge in [-0.2, -0.15) is 0 Å². The summed E-state index contributed by atoms with van der Waals surface area (Å²) in [7, 11) is 0. The summed E-state index contributed by atoms with van der Waals surface area (Å²) in [5.74, 6) is 0. The number of nitrogens with one attached hydrogen (secondary N) is 2. The molecule has 1 saturated heterocycles. The molecule has 0 aliphatic carbocycles. The Kier molecular flexibility index (Phi) is 3.40. The predicted molar refractivity (Wildman–Crippen MR) is 75.5 cm³/mol. The van der Waals surface area contributed by atoms with Gasteiger partial charge < -0.3 is 10.6 Å². The fraction of sp³-hybridized carbons (Fsp3) is 0.250. The topological polar surface area (TPSA) is 24.1 Å². The van der Waals surface area contributed by atoms with Crippen molar-refractivity contribution in [2.75, 3.05) is 19.6 Å². The number of hydrogen-bond acceptors (Lipinski definition) is 2. The van der Waals surface area contributed by atoms with Gasteiger partial charge >= 0.3 is 0 Å². The van der Waals surface area contributed by atoms with Gasteiger partial charge in [-0.1, -0.05) is 48.5 Å². The minimum atomic E-state index is 0.433. The lowest BCUT2D eigenvalue weighted by molar-refractivity contribution is 0.430. The Morgan fingerprint density at radius 1 is 0.833 bits per heavy atom. The summed E-state index contributed by atoms with van der Waals surface area (Å²) in [5.41, 5.74) is 3.94. The molecule has 2 aromatic carbocycles. The van der Waals surface area contributed by atoms with Crippen molar-refractivity contribution < 1.29 is 0 Å². The first-order valence-electron chi connectivity index (χ1n) is 6.53. The largest absolute Gasteiger partial charge is 0.314 e. The summed E-state index contributed by atoms with van der Waals surface area (Å²) in [6, 6.07) is 19.8. The van der Waals surface area contributed by atoms with Crippen LogP contribution in [0.25, 0.3) is 11.1 Å². The van der Waals surface area contributed by atoms with Gasteiger partial charge in [-0.3, -0.25) is 0 Å². The fourth-order valence-corrected chi connectivity index (χ4v) is 2.45. The summed E-state index contributed by atoms with van der Waals surface area (Å²) in [4.78, 5) is 0. The summed E-state index contributed by atoms with van der Waals surface area (Å²) < 4.78 is 0. The van der Waals surface area contributed by atoms with Crippen LogP contribution in [0.5, 0.6) is 0 Å². The highest BCUT2D eigenvalue weighted by Crippen LogP contribution is 2.23. The molecule has 0 aromatic heterocycles. The molecule has 0 spiro atoms. The van der Waals surface area contributed by atoms with E-state index in [2.05, 4.69) is 65.2 Å². The number of piperazine rings is 1. The van der Waals surface area contributed by atoms with Gasteiger partial charge in [0, 0.05) is 25.7 Å². The zero-order valence-electron chi connectivity index (χ0n) is 10.4. The zero-order chi connectivity index (χ0) is 12.2. The van der Waals surface area contributed by atoms with Gasteiger partial charge in [-0.05, 0) is 22.8 Å². The Morgan fingerprint density at radius 3 is 2.44 bits per heavy atom. The molecule has 0 radical (unpaired) electrons. The zero-order valence-corrected chi connectivity index (χ0v) is 10.4. The molecule has 2 aromatic rings. The molecule has 0 amide bonds. The molecule has 1 atom stereocenters. The van der Waals surface area contributed by atoms with E-state index in [1.165, 1.54) is 16.7 Å². The molecule has 1 fully saturated rings. The van der Waals surface area contributed by atoms with Crippen molar-refractivity contribution in [3.63, 3.8) is 0 Å². The second-order valence-corrected chi connectivity index (χ2v) is 4.70. The summed E-state index contributed by atoms with van der Waals surface area (Å²) in [5, 5.41) is 6.98. The predicted octanol–water partition coefficient (Wildman–Crippen LogP) is 2.59. The Bertz CT molecular complexity index is 502. The first kappa shape index (κ1) is 11.5. The molecule has 2 N–H and O–H groups in total. The van der Waals surface area contributed by atoms with E-state index in [0.717, 1.165) is 19.6 Å². The molecule has 2 heteroatoms. The van der Waals surface area contributed by atoms with Crippen molar-refractivity contribution in [2.45, 2.75) is 6.04 Å². The molecular formula is C16H18N2. The molecule has 0 bridgehead atoms. The first-order chi connectivity index (χ1) is 8.93. The molecule has 3 rings (SSSR count). The molecule has 0 unspecified atom stereocenters. The van der Waals surface area contributed by atoms with Gasteiger partial charge in [-0.25, -0.2) is 0 Å². The van der Waals surface area contributed by atoms with Crippen LogP contribution in [0.1, 0.15) is 11.6 Å². The van der Waals surface area contributed by atoms with Gasteiger partial charge in [-0.15, -0.1) is 0 Å². The second kappa shape index (κ2) is 5.34. The highest BCUT2D eigenvalue weighted by Gasteiger charge is 2.14. The van der Waals surface area contributed by atoms with E-state index in [-0.39, 0.29) is 0 Å². The third kappa shape index (κ3) is 2.45. The van der Waals surface area contributed by atoms with E-state index in [1.807, 2.05) is 0 Å². The first-order valence-corrected chi connectivity index (χ1v) is 6.53. The van der Waals surface area contributed by atoms with Crippen LogP contribution in [0.4, 0.5) is 0 Å². The Labute approximate surface area is 108 Å². The number of benzene rings is 2. The van der Waals surface area contributed by atoms with Gasteiger partial charge in [0.05, 0.1) is 0 Å². The summed E-state index contributed by atoms with van der Waals surface area (Å²) in [6.45, 7) is 3.12. The van der Waals surface area contributed by atoms with Crippen LogP contribution >= 0.6 is 0 Å². The molecule has 0 saturated carbocycles. The average Bonchev–Trinajstić information content (AvgIpc) is 2.49. The maximum atomic E-state index is 3.55. The van der Waals surface area contributed by atoms with E-state index >= 15 is 0 Å². The normalized spacial score (nSPS) is 19.7. The van der Waals surface area contributed by atoms with Crippen LogP contribution in [-0.2, 0) is 0 Å². The SMILES string of the molecule is c1ccc(-c2cccc([C@H]3CNCCN3)c2)cc1. The van der Waals surface area contributed by atoms with Gasteiger partial charge in [0.2, 0.25) is 0 Å². The van der Waals surface area contributed by atoms with E-state index in [0.29, 0.717) is 6.04 Å². The highest BCUT2D eigenvalue weighted by molar-refractivity contribution is 5.64. The van der Waals surface area contributed by atoms with Crippen molar-refractivity contribution >= 4 is 0 Å². The van der Waals surface area contributed by atoms with Crippen LogP contribution in [0, 0.1) is 0 Å². The highest BCUT2D eigenvalue weighted by atomic mass is 15.1.